The normalized spacial score (nSPS) is 21.9. The molecule has 4 N–H and O–H groups in total. The molecule has 1 aromatic heterocycles. The second kappa shape index (κ2) is 15.4. The van der Waals surface area contributed by atoms with E-state index in [0.717, 1.165) is 43.9 Å². The lowest BCUT2D eigenvalue weighted by atomic mass is 9.87. The summed E-state index contributed by atoms with van der Waals surface area (Å²) in [7, 11) is 0. The number of nitrogens with two attached hydrogens (primary N) is 1. The van der Waals surface area contributed by atoms with Crippen molar-refractivity contribution in [3.8, 4) is 22.5 Å². The van der Waals surface area contributed by atoms with Crippen molar-refractivity contribution in [2.75, 3.05) is 18.8 Å². The topological polar surface area (TPSA) is 122 Å². The van der Waals surface area contributed by atoms with E-state index in [0.29, 0.717) is 49.5 Å². The van der Waals surface area contributed by atoms with Gasteiger partial charge in [-0.3, -0.25) is 14.5 Å². The van der Waals surface area contributed by atoms with Crippen molar-refractivity contribution in [2.24, 2.45) is 5.92 Å². The standard InChI is InChI=1S/C22H24F3N3O4.C22H19N/c23-12-8-15(24)20(16(25)9-12)19-10-18(27-32-19)21(29)26-17-6-7-28(11-14(17)22(30)31)13-4-2-1-3-5-13;23-22-18(20-13-19(20)14-6-2-1-3-7-14)11-10-17-16-9-5-4-8-15(16)12-21(17)22/h8-10,13-14,17H,1-7,11H2,(H,26,29)(H,30,31);1-11,19-20H,12-13,23H2/t14-,17-;19-,20+/m10/s1. The maximum Gasteiger partial charge on any atom is 0.309 e. The van der Waals surface area contributed by atoms with Crippen LogP contribution in [0.5, 0.6) is 0 Å². The highest BCUT2D eigenvalue weighted by Gasteiger charge is 2.41. The van der Waals surface area contributed by atoms with E-state index in [1.165, 1.54) is 46.2 Å². The minimum absolute atomic E-state index is 0.248. The summed E-state index contributed by atoms with van der Waals surface area (Å²) in [5.74, 6) is -5.08. The molecule has 0 radical (unpaired) electrons. The molecule has 3 fully saturated rings. The molecule has 3 aliphatic carbocycles. The predicted octanol–water partition coefficient (Wildman–Crippen LogP) is 8.71. The molecule has 1 amide bonds. The third-order valence-corrected chi connectivity index (χ3v) is 11.8. The Morgan fingerprint density at radius 3 is 2.33 bits per heavy atom. The number of piperidine rings is 1. The van der Waals surface area contributed by atoms with Crippen LogP contribution >= 0.6 is 0 Å². The first-order chi connectivity index (χ1) is 26.7. The Morgan fingerprint density at radius 1 is 0.855 bits per heavy atom. The Labute approximate surface area is 317 Å². The molecule has 11 heteroatoms. The molecule has 284 valence electrons. The fourth-order valence-corrected chi connectivity index (χ4v) is 8.88. The zero-order chi connectivity index (χ0) is 38.2. The summed E-state index contributed by atoms with van der Waals surface area (Å²) >= 11 is 0. The first-order valence-corrected chi connectivity index (χ1v) is 19.1. The molecule has 8 nitrogen and oxygen atoms in total. The Balaban J connectivity index is 0.000000163. The number of carbonyl (C=O) groups is 2. The number of amides is 1. The molecule has 0 bridgehead atoms. The lowest BCUT2D eigenvalue weighted by molar-refractivity contribution is -0.145. The number of nitrogens with one attached hydrogen (secondary N) is 1. The molecular formula is C44H43F3N4O4. The van der Waals surface area contributed by atoms with Crippen molar-refractivity contribution < 1.29 is 32.4 Å². The highest BCUT2D eigenvalue weighted by molar-refractivity contribution is 5.93. The molecule has 1 aliphatic heterocycles. The predicted molar refractivity (Wildman–Crippen MR) is 203 cm³/mol. The van der Waals surface area contributed by atoms with Crippen LogP contribution in [0.25, 0.3) is 22.5 Å². The summed E-state index contributed by atoms with van der Waals surface area (Å²) in [6, 6.07) is 25.9. The number of hydrogen-bond donors (Lipinski definition) is 3. The largest absolute Gasteiger partial charge is 0.481 e. The molecule has 0 spiro atoms. The first-order valence-electron chi connectivity index (χ1n) is 19.1. The van der Waals surface area contributed by atoms with E-state index in [1.807, 2.05) is 0 Å². The van der Waals surface area contributed by atoms with Crippen LogP contribution in [-0.4, -0.2) is 52.2 Å². The van der Waals surface area contributed by atoms with Crippen molar-refractivity contribution >= 4 is 17.6 Å². The number of halogens is 3. The minimum Gasteiger partial charge on any atom is -0.481 e. The van der Waals surface area contributed by atoms with Gasteiger partial charge in [0.1, 0.15) is 17.5 Å². The number of nitrogen functional groups attached to an aromatic ring is 1. The fraction of sp³-hybridized carbons (Fsp3) is 0.341. The van der Waals surface area contributed by atoms with Gasteiger partial charge in [-0.25, -0.2) is 13.2 Å². The van der Waals surface area contributed by atoms with Gasteiger partial charge in [0.2, 0.25) is 0 Å². The molecule has 1 saturated heterocycles. The average molecular weight is 749 g/mol. The summed E-state index contributed by atoms with van der Waals surface area (Å²) < 4.78 is 46.0. The molecule has 4 aromatic carbocycles. The van der Waals surface area contributed by atoms with E-state index < -0.39 is 46.9 Å². The summed E-state index contributed by atoms with van der Waals surface area (Å²) in [6.07, 6.45) is 8.27. The summed E-state index contributed by atoms with van der Waals surface area (Å²) in [4.78, 5) is 26.7. The number of likely N-dealkylation sites (tertiary alicyclic amines) is 1. The lowest BCUT2D eigenvalue weighted by Gasteiger charge is -2.42. The third kappa shape index (κ3) is 7.50. The van der Waals surface area contributed by atoms with Crippen LogP contribution < -0.4 is 11.1 Å². The van der Waals surface area contributed by atoms with Crippen LogP contribution in [0.4, 0.5) is 18.9 Å². The zero-order valence-electron chi connectivity index (χ0n) is 30.3. The van der Waals surface area contributed by atoms with E-state index in [-0.39, 0.29) is 11.5 Å². The molecular weight excluding hydrogens is 706 g/mol. The van der Waals surface area contributed by atoms with E-state index in [2.05, 4.69) is 82.1 Å². The molecule has 0 unspecified atom stereocenters. The number of carboxylic acids is 1. The van der Waals surface area contributed by atoms with Crippen molar-refractivity contribution in [3.63, 3.8) is 0 Å². The molecule has 2 saturated carbocycles. The van der Waals surface area contributed by atoms with Gasteiger partial charge in [-0.1, -0.05) is 91.1 Å². The summed E-state index contributed by atoms with van der Waals surface area (Å²) in [5.41, 5.74) is 15.0. The number of nitrogens with zero attached hydrogens (tertiary/aromatic N) is 2. The van der Waals surface area contributed by atoms with Gasteiger partial charge in [-0.15, -0.1) is 0 Å². The maximum atomic E-state index is 14.0. The molecule has 4 atom stereocenters. The van der Waals surface area contributed by atoms with Gasteiger partial charge >= 0.3 is 5.97 Å². The van der Waals surface area contributed by atoms with Crippen LogP contribution in [0.3, 0.4) is 0 Å². The number of carbonyl (C=O) groups excluding carboxylic acids is 1. The van der Waals surface area contributed by atoms with Gasteiger partial charge in [0, 0.05) is 55.5 Å². The highest BCUT2D eigenvalue weighted by Crippen LogP contribution is 2.57. The van der Waals surface area contributed by atoms with Gasteiger partial charge in [-0.2, -0.15) is 0 Å². The second-order valence-corrected chi connectivity index (χ2v) is 15.2. The third-order valence-electron chi connectivity index (χ3n) is 11.8. The van der Waals surface area contributed by atoms with Crippen molar-refractivity contribution in [2.45, 2.75) is 75.3 Å². The van der Waals surface area contributed by atoms with E-state index in [9.17, 15) is 27.9 Å². The molecule has 2 heterocycles. The smallest absolute Gasteiger partial charge is 0.309 e. The number of fused-ring (bicyclic) bond motifs is 3. The van der Waals surface area contributed by atoms with E-state index in [1.54, 1.807) is 0 Å². The van der Waals surface area contributed by atoms with Gasteiger partial charge in [0.25, 0.3) is 5.91 Å². The van der Waals surface area contributed by atoms with Gasteiger partial charge in [0.15, 0.2) is 11.5 Å². The first kappa shape index (κ1) is 36.6. The lowest BCUT2D eigenvalue weighted by Crippen LogP contribution is -2.56. The molecule has 9 rings (SSSR count). The van der Waals surface area contributed by atoms with Gasteiger partial charge in [-0.05, 0) is 70.9 Å². The molecule has 5 aromatic rings. The van der Waals surface area contributed by atoms with Crippen LogP contribution in [0.15, 0.2) is 89.5 Å². The molecule has 4 aliphatic rings. The van der Waals surface area contributed by atoms with Gasteiger partial charge < -0.3 is 20.7 Å². The zero-order valence-corrected chi connectivity index (χ0v) is 30.3. The summed E-state index contributed by atoms with van der Waals surface area (Å²) in [6.45, 7) is 1.02. The van der Waals surface area contributed by atoms with Crippen LogP contribution in [0.2, 0.25) is 0 Å². The molecule has 55 heavy (non-hydrogen) atoms. The Hall–Kier alpha value is -5.42. The van der Waals surface area contributed by atoms with Crippen molar-refractivity contribution in [1.82, 2.24) is 15.4 Å². The van der Waals surface area contributed by atoms with Crippen LogP contribution in [-0.2, 0) is 11.2 Å². The number of hydrogen-bond acceptors (Lipinski definition) is 6. The number of anilines is 1. The highest BCUT2D eigenvalue weighted by atomic mass is 19.1. The van der Waals surface area contributed by atoms with Gasteiger partial charge in [0.05, 0.1) is 11.5 Å². The van der Waals surface area contributed by atoms with Crippen LogP contribution in [0, 0.1) is 23.4 Å². The number of aliphatic carboxylic acids is 1. The SMILES string of the molecule is Nc1c([C@H]2C[C@H]2c2ccccc2)ccc2c1Cc1ccccc1-2.O=C(N[C@@H]1CCN(C2CCCCC2)C[C@H]1C(=O)O)c1cc(-c2c(F)cc(F)cc2F)on1. The Morgan fingerprint density at radius 2 is 1.58 bits per heavy atom. The number of aromatic nitrogens is 1. The maximum absolute atomic E-state index is 14.0. The Bertz CT molecular complexity index is 2200. The number of carboxylic acid groups (broad SMARTS) is 1. The van der Waals surface area contributed by atoms with Crippen LogP contribution in [0.1, 0.15) is 89.5 Å². The quantitative estimate of drug-likeness (QED) is 0.140. The van der Waals surface area contributed by atoms with E-state index >= 15 is 0 Å². The average Bonchev–Trinajstić information content (AvgIpc) is 3.65. The number of rotatable bonds is 7. The van der Waals surface area contributed by atoms with Crippen molar-refractivity contribution in [1.29, 1.82) is 0 Å². The fourth-order valence-electron chi connectivity index (χ4n) is 8.88. The minimum atomic E-state index is -1.19. The van der Waals surface area contributed by atoms with E-state index in [4.69, 9.17) is 10.3 Å². The summed E-state index contributed by atoms with van der Waals surface area (Å²) in [5, 5.41) is 15.9. The monoisotopic (exact) mass is 748 g/mol. The Kier molecular flexibility index (Phi) is 10.2. The second-order valence-electron chi connectivity index (χ2n) is 15.2. The van der Waals surface area contributed by atoms with Crippen molar-refractivity contribution in [3.05, 3.63) is 130 Å². The number of benzene rings is 4.